The lowest BCUT2D eigenvalue weighted by atomic mass is 10.2. The van der Waals surface area contributed by atoms with E-state index in [4.69, 9.17) is 0 Å². The van der Waals surface area contributed by atoms with Gasteiger partial charge in [0.2, 0.25) is 0 Å². The Hall–Kier alpha value is -0.250. The van der Waals surface area contributed by atoms with Gasteiger partial charge in [0.05, 0.1) is 0 Å². The molecule has 0 spiro atoms. The number of alkyl halides is 3. The normalized spacial score (nSPS) is 12.5. The van der Waals surface area contributed by atoms with E-state index < -0.39 is 12.6 Å². The van der Waals surface area contributed by atoms with E-state index in [-0.39, 0.29) is 6.42 Å². The standard InChI is InChI=1S/C8H16F3N/c1-7(2)12-6-4-3-5-8(9,10)11/h7,12H,3-6H2,1-2H3. The number of nitrogens with one attached hydrogen (secondary N) is 1. The molecule has 0 amide bonds. The van der Waals surface area contributed by atoms with Crippen molar-refractivity contribution < 1.29 is 13.2 Å². The van der Waals surface area contributed by atoms with Crippen LogP contribution in [0.2, 0.25) is 0 Å². The molecule has 0 saturated carbocycles. The van der Waals surface area contributed by atoms with E-state index in [1.165, 1.54) is 0 Å². The van der Waals surface area contributed by atoms with Gasteiger partial charge in [-0.25, -0.2) is 0 Å². The smallest absolute Gasteiger partial charge is 0.315 e. The first-order chi connectivity index (χ1) is 5.42. The Kier molecular flexibility index (Phi) is 5.29. The first-order valence-electron chi connectivity index (χ1n) is 4.22. The monoisotopic (exact) mass is 183 g/mol. The van der Waals surface area contributed by atoms with Crippen molar-refractivity contribution >= 4 is 0 Å². The fraction of sp³-hybridized carbons (Fsp3) is 1.00. The second kappa shape index (κ2) is 5.41. The van der Waals surface area contributed by atoms with Crippen molar-refractivity contribution in [3.8, 4) is 0 Å². The molecule has 0 fully saturated rings. The molecule has 0 heterocycles. The number of halogens is 3. The van der Waals surface area contributed by atoms with Crippen LogP contribution in [-0.4, -0.2) is 18.8 Å². The van der Waals surface area contributed by atoms with Crippen molar-refractivity contribution in [2.45, 2.75) is 45.3 Å². The molecule has 1 nitrogen and oxygen atoms in total. The highest BCUT2D eigenvalue weighted by molar-refractivity contribution is 4.55. The Bertz CT molecular complexity index is 109. The fourth-order valence-corrected chi connectivity index (χ4v) is 0.841. The summed E-state index contributed by atoms with van der Waals surface area (Å²) in [6.07, 6.45) is -3.83. The van der Waals surface area contributed by atoms with Crippen LogP contribution in [0.5, 0.6) is 0 Å². The summed E-state index contributed by atoms with van der Waals surface area (Å²) in [5.74, 6) is 0. The van der Waals surface area contributed by atoms with E-state index in [1.54, 1.807) is 0 Å². The van der Waals surface area contributed by atoms with Crippen LogP contribution in [-0.2, 0) is 0 Å². The lowest BCUT2D eigenvalue weighted by molar-refractivity contribution is -0.135. The molecule has 0 aromatic carbocycles. The summed E-state index contributed by atoms with van der Waals surface area (Å²) in [4.78, 5) is 0. The van der Waals surface area contributed by atoms with E-state index in [0.29, 0.717) is 19.0 Å². The summed E-state index contributed by atoms with van der Waals surface area (Å²) < 4.78 is 34.9. The molecule has 12 heavy (non-hydrogen) atoms. The number of hydrogen-bond acceptors (Lipinski definition) is 1. The quantitative estimate of drug-likeness (QED) is 0.646. The van der Waals surface area contributed by atoms with Crippen LogP contribution in [0.15, 0.2) is 0 Å². The third kappa shape index (κ3) is 9.75. The maximum Gasteiger partial charge on any atom is 0.389 e. The minimum atomic E-state index is -3.99. The molecule has 0 aromatic heterocycles. The van der Waals surface area contributed by atoms with Crippen LogP contribution in [0.25, 0.3) is 0 Å². The zero-order valence-corrected chi connectivity index (χ0v) is 7.54. The summed E-state index contributed by atoms with van der Waals surface area (Å²) in [6, 6.07) is 0.357. The number of hydrogen-bond donors (Lipinski definition) is 1. The second-order valence-corrected chi connectivity index (χ2v) is 3.18. The average molecular weight is 183 g/mol. The molecular formula is C8H16F3N. The highest BCUT2D eigenvalue weighted by atomic mass is 19.4. The molecule has 0 rings (SSSR count). The van der Waals surface area contributed by atoms with Gasteiger partial charge in [0.25, 0.3) is 0 Å². The maximum atomic E-state index is 11.6. The van der Waals surface area contributed by atoms with Crippen LogP contribution < -0.4 is 5.32 Å². The minimum absolute atomic E-state index is 0.225. The molecule has 4 heteroatoms. The van der Waals surface area contributed by atoms with E-state index in [0.717, 1.165) is 0 Å². The summed E-state index contributed by atoms with van der Waals surface area (Å²) in [7, 11) is 0. The zero-order valence-electron chi connectivity index (χ0n) is 7.54. The van der Waals surface area contributed by atoms with E-state index in [9.17, 15) is 13.2 Å². The van der Waals surface area contributed by atoms with E-state index in [2.05, 4.69) is 5.32 Å². The van der Waals surface area contributed by atoms with E-state index >= 15 is 0 Å². The molecule has 0 bridgehead atoms. The molecule has 0 aliphatic carbocycles. The van der Waals surface area contributed by atoms with Crippen molar-refractivity contribution in [2.75, 3.05) is 6.54 Å². The number of unbranched alkanes of at least 4 members (excludes halogenated alkanes) is 1. The Balaban J connectivity index is 3.12. The van der Waals surface area contributed by atoms with Crippen LogP contribution in [0, 0.1) is 0 Å². The summed E-state index contributed by atoms with van der Waals surface area (Å²) >= 11 is 0. The van der Waals surface area contributed by atoms with Gasteiger partial charge in [-0.05, 0) is 19.4 Å². The Morgan fingerprint density at radius 2 is 1.75 bits per heavy atom. The first-order valence-corrected chi connectivity index (χ1v) is 4.22. The van der Waals surface area contributed by atoms with Crippen molar-refractivity contribution in [1.29, 1.82) is 0 Å². The molecule has 74 valence electrons. The molecular weight excluding hydrogens is 167 g/mol. The summed E-state index contributed by atoms with van der Waals surface area (Å²) in [5.41, 5.74) is 0. The average Bonchev–Trinajstić information content (AvgIpc) is 1.83. The zero-order chi connectivity index (χ0) is 9.61. The van der Waals surface area contributed by atoms with Crippen LogP contribution in [0.3, 0.4) is 0 Å². The largest absolute Gasteiger partial charge is 0.389 e. The molecule has 0 saturated heterocycles. The van der Waals surface area contributed by atoms with E-state index in [1.807, 2.05) is 13.8 Å². The predicted octanol–water partition coefficient (Wildman–Crippen LogP) is 2.72. The maximum absolute atomic E-state index is 11.6. The molecule has 0 aromatic rings. The molecule has 1 N–H and O–H groups in total. The van der Waals surface area contributed by atoms with Gasteiger partial charge in [-0.1, -0.05) is 13.8 Å². The van der Waals surface area contributed by atoms with Crippen LogP contribution >= 0.6 is 0 Å². The SMILES string of the molecule is CC(C)NCCCCC(F)(F)F. The van der Waals surface area contributed by atoms with Gasteiger partial charge in [0.1, 0.15) is 0 Å². The number of rotatable bonds is 5. The third-order valence-corrected chi connectivity index (χ3v) is 1.44. The van der Waals surface area contributed by atoms with Crippen molar-refractivity contribution in [1.82, 2.24) is 5.32 Å². The highest BCUT2D eigenvalue weighted by Gasteiger charge is 2.25. The fourth-order valence-electron chi connectivity index (χ4n) is 0.841. The van der Waals surface area contributed by atoms with Gasteiger partial charge in [-0.2, -0.15) is 13.2 Å². The van der Waals surface area contributed by atoms with Crippen molar-refractivity contribution in [3.63, 3.8) is 0 Å². The van der Waals surface area contributed by atoms with Gasteiger partial charge in [0, 0.05) is 12.5 Å². The van der Waals surface area contributed by atoms with Crippen molar-refractivity contribution in [2.24, 2.45) is 0 Å². The molecule has 0 aliphatic rings. The summed E-state index contributed by atoms with van der Waals surface area (Å²) in [5, 5.41) is 3.06. The van der Waals surface area contributed by atoms with Gasteiger partial charge < -0.3 is 5.32 Å². The molecule has 0 unspecified atom stereocenters. The van der Waals surface area contributed by atoms with Crippen LogP contribution in [0.4, 0.5) is 13.2 Å². The topological polar surface area (TPSA) is 12.0 Å². The second-order valence-electron chi connectivity index (χ2n) is 3.18. The predicted molar refractivity (Wildman–Crippen MR) is 43.0 cm³/mol. The molecule has 0 radical (unpaired) electrons. The molecule has 0 atom stereocenters. The summed E-state index contributed by atoms with van der Waals surface area (Å²) in [6.45, 7) is 4.63. The Morgan fingerprint density at radius 3 is 2.17 bits per heavy atom. The first kappa shape index (κ1) is 11.8. The Labute approximate surface area is 71.3 Å². The van der Waals surface area contributed by atoms with Gasteiger partial charge >= 0.3 is 6.18 Å². The van der Waals surface area contributed by atoms with Gasteiger partial charge in [-0.15, -0.1) is 0 Å². The van der Waals surface area contributed by atoms with Gasteiger partial charge in [-0.3, -0.25) is 0 Å². The Morgan fingerprint density at radius 1 is 1.17 bits per heavy atom. The van der Waals surface area contributed by atoms with Crippen LogP contribution in [0.1, 0.15) is 33.1 Å². The lowest BCUT2D eigenvalue weighted by Crippen LogP contribution is -2.23. The van der Waals surface area contributed by atoms with Gasteiger partial charge in [0.15, 0.2) is 0 Å². The highest BCUT2D eigenvalue weighted by Crippen LogP contribution is 2.21. The minimum Gasteiger partial charge on any atom is -0.315 e. The third-order valence-electron chi connectivity index (χ3n) is 1.44. The van der Waals surface area contributed by atoms with Crippen molar-refractivity contribution in [3.05, 3.63) is 0 Å². The molecule has 0 aliphatic heterocycles. The lowest BCUT2D eigenvalue weighted by Gasteiger charge is -2.08.